The van der Waals surface area contributed by atoms with Crippen molar-refractivity contribution in [3.63, 3.8) is 0 Å². The standard InChI is InChI=1S/C6H8Br2/c1-3-6(8)5(2)4-7/h3-4H,1-2H3. The first kappa shape index (κ1) is 8.44. The summed E-state index contributed by atoms with van der Waals surface area (Å²) in [5.74, 6) is 0. The van der Waals surface area contributed by atoms with Gasteiger partial charge in [0.15, 0.2) is 0 Å². The Hall–Kier alpha value is 0.440. The second kappa shape index (κ2) is 4.33. The molecule has 46 valence electrons. The van der Waals surface area contributed by atoms with Crippen LogP contribution in [-0.2, 0) is 0 Å². The van der Waals surface area contributed by atoms with E-state index in [0.717, 1.165) is 4.48 Å². The van der Waals surface area contributed by atoms with E-state index >= 15 is 0 Å². The van der Waals surface area contributed by atoms with Gasteiger partial charge in [-0.2, -0.15) is 0 Å². The molecular formula is C6H8Br2. The maximum Gasteiger partial charge on any atom is 0.0167 e. The van der Waals surface area contributed by atoms with Crippen molar-refractivity contribution in [2.75, 3.05) is 0 Å². The molecule has 0 aliphatic rings. The molecule has 0 nitrogen and oxygen atoms in total. The Morgan fingerprint density at radius 2 is 2.00 bits per heavy atom. The van der Waals surface area contributed by atoms with E-state index in [0.29, 0.717) is 0 Å². The summed E-state index contributed by atoms with van der Waals surface area (Å²) in [7, 11) is 0. The lowest BCUT2D eigenvalue weighted by Crippen LogP contribution is -1.68. The lowest BCUT2D eigenvalue weighted by Gasteiger charge is -1.91. The molecule has 0 aromatic heterocycles. The first-order chi connectivity index (χ1) is 3.72. The lowest BCUT2D eigenvalue weighted by atomic mass is 10.3. The van der Waals surface area contributed by atoms with Crippen LogP contribution in [0.15, 0.2) is 21.1 Å². The summed E-state index contributed by atoms with van der Waals surface area (Å²) in [6.45, 7) is 4.02. The molecular weight excluding hydrogens is 232 g/mol. The molecule has 0 aliphatic carbocycles. The van der Waals surface area contributed by atoms with Crippen molar-refractivity contribution in [3.05, 3.63) is 21.1 Å². The molecule has 0 spiro atoms. The second-order valence-electron chi connectivity index (χ2n) is 1.43. The van der Waals surface area contributed by atoms with Crippen molar-refractivity contribution in [3.8, 4) is 0 Å². The van der Waals surface area contributed by atoms with Crippen LogP contribution >= 0.6 is 31.9 Å². The molecule has 0 amide bonds. The highest BCUT2D eigenvalue weighted by Gasteiger charge is 1.88. The van der Waals surface area contributed by atoms with E-state index in [1.165, 1.54) is 5.57 Å². The van der Waals surface area contributed by atoms with Crippen molar-refractivity contribution in [1.82, 2.24) is 0 Å². The Kier molecular flexibility index (Phi) is 4.57. The van der Waals surface area contributed by atoms with E-state index in [-0.39, 0.29) is 0 Å². The van der Waals surface area contributed by atoms with Gasteiger partial charge in [-0.25, -0.2) is 0 Å². The molecule has 0 rings (SSSR count). The predicted octanol–water partition coefficient (Wildman–Crippen LogP) is 3.58. The van der Waals surface area contributed by atoms with Gasteiger partial charge in [0, 0.05) is 4.48 Å². The van der Waals surface area contributed by atoms with E-state index < -0.39 is 0 Å². The van der Waals surface area contributed by atoms with Gasteiger partial charge in [0.25, 0.3) is 0 Å². The molecule has 0 fully saturated rings. The normalized spacial score (nSPS) is 14.5. The van der Waals surface area contributed by atoms with Gasteiger partial charge < -0.3 is 0 Å². The van der Waals surface area contributed by atoms with Gasteiger partial charge in [-0.3, -0.25) is 0 Å². The molecule has 8 heavy (non-hydrogen) atoms. The third kappa shape index (κ3) is 2.68. The minimum atomic E-state index is 1.13. The maximum atomic E-state index is 3.37. The largest absolute Gasteiger partial charge is 0.0731 e. The first-order valence-electron chi connectivity index (χ1n) is 2.31. The molecule has 0 saturated heterocycles. The third-order valence-corrected chi connectivity index (χ3v) is 2.56. The van der Waals surface area contributed by atoms with Gasteiger partial charge in [0.05, 0.1) is 0 Å². The number of allylic oxidation sites excluding steroid dienone is 3. The van der Waals surface area contributed by atoms with Crippen LogP contribution in [0, 0.1) is 0 Å². The van der Waals surface area contributed by atoms with Crippen LogP contribution in [0.4, 0.5) is 0 Å². The second-order valence-corrected chi connectivity index (χ2v) is 2.74. The summed E-state index contributed by atoms with van der Waals surface area (Å²) in [5.41, 5.74) is 1.20. The Labute approximate surface area is 66.9 Å². The predicted molar refractivity (Wildman–Crippen MR) is 45.4 cm³/mol. The molecule has 0 aromatic rings. The Balaban J connectivity index is 4.04. The van der Waals surface area contributed by atoms with Crippen molar-refractivity contribution < 1.29 is 0 Å². The van der Waals surface area contributed by atoms with Gasteiger partial charge in [-0.1, -0.05) is 37.9 Å². The molecule has 0 saturated carbocycles. The topological polar surface area (TPSA) is 0 Å². The molecule has 0 atom stereocenters. The van der Waals surface area contributed by atoms with Crippen molar-refractivity contribution in [2.24, 2.45) is 0 Å². The summed E-state index contributed by atoms with van der Waals surface area (Å²) in [5, 5.41) is 0. The Morgan fingerprint density at radius 3 is 2.12 bits per heavy atom. The monoisotopic (exact) mass is 238 g/mol. The fourth-order valence-corrected chi connectivity index (χ4v) is 0.948. The van der Waals surface area contributed by atoms with Crippen molar-refractivity contribution >= 4 is 31.9 Å². The van der Waals surface area contributed by atoms with E-state index in [1.807, 2.05) is 24.9 Å². The fourth-order valence-electron chi connectivity index (χ4n) is 0.280. The SMILES string of the molecule is CC=C(Br)C(C)=CBr. The van der Waals surface area contributed by atoms with Crippen LogP contribution in [0.3, 0.4) is 0 Å². The van der Waals surface area contributed by atoms with Crippen LogP contribution in [0.5, 0.6) is 0 Å². The molecule has 0 unspecified atom stereocenters. The minimum absolute atomic E-state index is 1.13. The zero-order valence-electron chi connectivity index (χ0n) is 4.91. The molecule has 0 aromatic carbocycles. The van der Waals surface area contributed by atoms with Crippen LogP contribution in [-0.4, -0.2) is 0 Å². The molecule has 2 heteroatoms. The van der Waals surface area contributed by atoms with Gasteiger partial charge in [-0.05, 0) is 24.4 Å². The average Bonchev–Trinajstić information content (AvgIpc) is 1.84. The number of hydrogen-bond donors (Lipinski definition) is 0. The quantitative estimate of drug-likeness (QED) is 0.614. The van der Waals surface area contributed by atoms with Gasteiger partial charge in [0.2, 0.25) is 0 Å². The van der Waals surface area contributed by atoms with Crippen LogP contribution in [0.1, 0.15) is 13.8 Å². The lowest BCUT2D eigenvalue weighted by molar-refractivity contribution is 1.51. The fraction of sp³-hybridized carbons (Fsp3) is 0.333. The maximum absolute atomic E-state index is 3.37. The smallest absolute Gasteiger partial charge is 0.0167 e. The highest BCUT2D eigenvalue weighted by molar-refractivity contribution is 9.12. The summed E-state index contributed by atoms with van der Waals surface area (Å²) in [6.07, 6.45) is 2.01. The Bertz CT molecular complexity index is 106. The van der Waals surface area contributed by atoms with Gasteiger partial charge >= 0.3 is 0 Å². The minimum Gasteiger partial charge on any atom is -0.0731 e. The van der Waals surface area contributed by atoms with E-state index in [2.05, 4.69) is 31.9 Å². The van der Waals surface area contributed by atoms with Crippen molar-refractivity contribution in [1.29, 1.82) is 0 Å². The molecule has 0 heterocycles. The van der Waals surface area contributed by atoms with E-state index in [1.54, 1.807) is 0 Å². The molecule has 0 radical (unpaired) electrons. The van der Waals surface area contributed by atoms with E-state index in [4.69, 9.17) is 0 Å². The van der Waals surface area contributed by atoms with Crippen LogP contribution < -0.4 is 0 Å². The van der Waals surface area contributed by atoms with Gasteiger partial charge in [-0.15, -0.1) is 0 Å². The highest BCUT2D eigenvalue weighted by Crippen LogP contribution is 2.16. The van der Waals surface area contributed by atoms with E-state index in [9.17, 15) is 0 Å². The zero-order chi connectivity index (χ0) is 6.57. The summed E-state index contributed by atoms with van der Waals surface area (Å²) < 4.78 is 1.13. The van der Waals surface area contributed by atoms with Crippen LogP contribution in [0.25, 0.3) is 0 Å². The number of hydrogen-bond acceptors (Lipinski definition) is 0. The first-order valence-corrected chi connectivity index (χ1v) is 4.02. The molecule has 0 bridgehead atoms. The van der Waals surface area contributed by atoms with Crippen LogP contribution in [0.2, 0.25) is 0 Å². The van der Waals surface area contributed by atoms with Crippen molar-refractivity contribution in [2.45, 2.75) is 13.8 Å². The summed E-state index contributed by atoms with van der Waals surface area (Å²) in [4.78, 5) is 1.89. The molecule has 0 aliphatic heterocycles. The Morgan fingerprint density at radius 1 is 1.50 bits per heavy atom. The third-order valence-electron chi connectivity index (χ3n) is 0.794. The average molecular weight is 240 g/mol. The highest BCUT2D eigenvalue weighted by atomic mass is 79.9. The zero-order valence-corrected chi connectivity index (χ0v) is 8.08. The van der Waals surface area contributed by atoms with Gasteiger partial charge in [0.1, 0.15) is 0 Å². The number of halogens is 2. The summed E-state index contributed by atoms with van der Waals surface area (Å²) >= 11 is 6.59. The summed E-state index contributed by atoms with van der Waals surface area (Å²) in [6, 6.07) is 0. The molecule has 0 N–H and O–H groups in total. The number of rotatable bonds is 1.